The molecular weight excluding hydrogens is 434 g/mol. The molecule has 0 aliphatic heterocycles. The molecule has 5 nitrogen and oxygen atoms in total. The Morgan fingerprint density at radius 1 is 1.03 bits per heavy atom. The first kappa shape index (κ1) is 23.2. The molecule has 3 aromatic carbocycles. The summed E-state index contributed by atoms with van der Waals surface area (Å²) >= 11 is 7.59. The highest BCUT2D eigenvalue weighted by molar-refractivity contribution is 7.99. The van der Waals surface area contributed by atoms with E-state index in [-0.39, 0.29) is 6.61 Å². The Hall–Kier alpha value is -2.51. The van der Waals surface area contributed by atoms with Gasteiger partial charge >= 0.3 is 5.97 Å². The van der Waals surface area contributed by atoms with E-state index in [0.29, 0.717) is 17.3 Å². The van der Waals surface area contributed by atoms with Crippen LogP contribution in [0.3, 0.4) is 0 Å². The smallest absolute Gasteiger partial charge is 0.341 e. The van der Waals surface area contributed by atoms with Crippen LogP contribution in [0.15, 0.2) is 82.6 Å². The molecule has 162 valence electrons. The number of carboxylic acids is 1. The van der Waals surface area contributed by atoms with Crippen LogP contribution in [0.25, 0.3) is 0 Å². The van der Waals surface area contributed by atoms with E-state index in [1.165, 1.54) is 5.56 Å². The van der Waals surface area contributed by atoms with E-state index < -0.39 is 12.1 Å². The molecule has 1 atom stereocenters. The lowest BCUT2D eigenvalue weighted by Crippen LogP contribution is -2.23. The molecule has 0 fully saturated rings. The van der Waals surface area contributed by atoms with Gasteiger partial charge in [0, 0.05) is 21.4 Å². The SMILES string of the molecule is O=C(O)COc1ccc(Sc2ccc(CCNC[C@H](O)c3cccc(Cl)c3)cc2)cc1. The van der Waals surface area contributed by atoms with Gasteiger partial charge in [0.1, 0.15) is 5.75 Å². The van der Waals surface area contributed by atoms with Crippen LogP contribution in [0.4, 0.5) is 0 Å². The first-order chi connectivity index (χ1) is 15.0. The Bertz CT molecular complexity index is 980. The van der Waals surface area contributed by atoms with E-state index in [0.717, 1.165) is 28.3 Å². The monoisotopic (exact) mass is 457 g/mol. The van der Waals surface area contributed by atoms with E-state index in [9.17, 15) is 9.90 Å². The van der Waals surface area contributed by atoms with Crippen molar-refractivity contribution in [1.29, 1.82) is 0 Å². The molecule has 0 saturated carbocycles. The molecule has 0 heterocycles. The van der Waals surface area contributed by atoms with Crippen LogP contribution in [0.1, 0.15) is 17.2 Å². The molecule has 0 spiro atoms. The van der Waals surface area contributed by atoms with Gasteiger partial charge in [0.25, 0.3) is 0 Å². The zero-order valence-corrected chi connectivity index (χ0v) is 18.4. The van der Waals surface area contributed by atoms with Gasteiger partial charge < -0.3 is 20.3 Å². The number of nitrogens with one attached hydrogen (secondary N) is 1. The molecule has 0 aromatic heterocycles. The van der Waals surface area contributed by atoms with Crippen molar-refractivity contribution in [1.82, 2.24) is 5.32 Å². The van der Waals surface area contributed by atoms with Crippen molar-refractivity contribution in [3.63, 3.8) is 0 Å². The summed E-state index contributed by atoms with van der Waals surface area (Å²) in [4.78, 5) is 12.7. The van der Waals surface area contributed by atoms with Crippen molar-refractivity contribution in [2.75, 3.05) is 19.7 Å². The molecule has 0 unspecified atom stereocenters. The molecule has 0 bridgehead atoms. The Kier molecular flexibility index (Phi) is 8.79. The summed E-state index contributed by atoms with van der Waals surface area (Å²) in [5.74, 6) is -0.457. The number of aliphatic hydroxyl groups is 1. The maximum Gasteiger partial charge on any atom is 0.341 e. The zero-order chi connectivity index (χ0) is 22.1. The van der Waals surface area contributed by atoms with Crippen LogP contribution in [-0.4, -0.2) is 35.9 Å². The van der Waals surface area contributed by atoms with Gasteiger partial charge in [-0.2, -0.15) is 0 Å². The van der Waals surface area contributed by atoms with Gasteiger partial charge in [-0.25, -0.2) is 4.79 Å². The average molecular weight is 458 g/mol. The average Bonchev–Trinajstić information content (AvgIpc) is 2.77. The Labute approximate surface area is 191 Å². The van der Waals surface area contributed by atoms with Crippen molar-refractivity contribution in [2.45, 2.75) is 22.3 Å². The van der Waals surface area contributed by atoms with Crippen LogP contribution in [0.2, 0.25) is 5.02 Å². The standard InChI is InChI=1S/C24H24ClNO4S/c25-19-3-1-2-18(14-19)23(27)15-26-13-12-17-4-8-21(9-5-17)31-22-10-6-20(7-11-22)30-16-24(28)29/h1-11,14,23,26-27H,12-13,15-16H2,(H,28,29)/t23-/m0/s1. The summed E-state index contributed by atoms with van der Waals surface area (Å²) in [5.41, 5.74) is 2.02. The van der Waals surface area contributed by atoms with E-state index in [1.54, 1.807) is 36.0 Å². The minimum atomic E-state index is -0.994. The van der Waals surface area contributed by atoms with Gasteiger partial charge in [0.05, 0.1) is 6.10 Å². The number of hydrogen-bond donors (Lipinski definition) is 3. The number of carboxylic acid groups (broad SMARTS) is 1. The Morgan fingerprint density at radius 2 is 1.71 bits per heavy atom. The van der Waals surface area contributed by atoms with Crippen LogP contribution < -0.4 is 10.1 Å². The number of aliphatic hydroxyl groups excluding tert-OH is 1. The topological polar surface area (TPSA) is 78.8 Å². The third kappa shape index (κ3) is 7.92. The fourth-order valence-corrected chi connectivity index (χ4v) is 3.93. The lowest BCUT2D eigenvalue weighted by atomic mass is 10.1. The van der Waals surface area contributed by atoms with Gasteiger partial charge in [-0.3, -0.25) is 0 Å². The fourth-order valence-electron chi connectivity index (χ4n) is 2.91. The Morgan fingerprint density at radius 3 is 2.35 bits per heavy atom. The number of ether oxygens (including phenoxy) is 1. The van der Waals surface area contributed by atoms with E-state index in [1.807, 2.05) is 24.3 Å². The van der Waals surface area contributed by atoms with Crippen LogP contribution in [0.5, 0.6) is 5.75 Å². The molecule has 0 saturated heterocycles. The van der Waals surface area contributed by atoms with Crippen LogP contribution in [0, 0.1) is 0 Å². The number of rotatable bonds is 11. The summed E-state index contributed by atoms with van der Waals surface area (Å²) in [7, 11) is 0. The summed E-state index contributed by atoms with van der Waals surface area (Å²) < 4.78 is 5.14. The van der Waals surface area contributed by atoms with Crippen molar-refractivity contribution in [2.24, 2.45) is 0 Å². The minimum absolute atomic E-state index is 0.345. The van der Waals surface area contributed by atoms with Gasteiger partial charge in [-0.1, -0.05) is 47.6 Å². The van der Waals surface area contributed by atoms with Crippen molar-refractivity contribution in [3.8, 4) is 5.75 Å². The van der Waals surface area contributed by atoms with Crippen molar-refractivity contribution < 1.29 is 19.7 Å². The minimum Gasteiger partial charge on any atom is -0.482 e. The maximum absolute atomic E-state index is 10.5. The molecule has 3 rings (SSSR count). The van der Waals surface area contributed by atoms with Crippen LogP contribution in [-0.2, 0) is 11.2 Å². The van der Waals surface area contributed by atoms with Gasteiger partial charge in [-0.05, 0) is 72.6 Å². The van der Waals surface area contributed by atoms with Crippen molar-refractivity contribution >= 4 is 29.3 Å². The summed E-state index contributed by atoms with van der Waals surface area (Å²) in [5, 5.41) is 22.8. The summed E-state index contributed by atoms with van der Waals surface area (Å²) in [6.45, 7) is 0.894. The molecule has 3 aromatic rings. The second-order valence-electron chi connectivity index (χ2n) is 6.92. The molecule has 7 heteroatoms. The highest BCUT2D eigenvalue weighted by atomic mass is 35.5. The zero-order valence-electron chi connectivity index (χ0n) is 16.8. The number of hydrogen-bond acceptors (Lipinski definition) is 5. The first-order valence-corrected chi connectivity index (χ1v) is 11.0. The third-order valence-corrected chi connectivity index (χ3v) is 5.76. The van der Waals surface area contributed by atoms with E-state index in [4.69, 9.17) is 21.4 Å². The second kappa shape index (κ2) is 11.8. The molecule has 0 aliphatic rings. The number of carbonyl (C=O) groups is 1. The number of benzene rings is 3. The lowest BCUT2D eigenvalue weighted by Gasteiger charge is -2.12. The highest BCUT2D eigenvalue weighted by Crippen LogP contribution is 2.29. The van der Waals surface area contributed by atoms with Crippen molar-refractivity contribution in [3.05, 3.63) is 88.9 Å². The molecule has 0 radical (unpaired) electrons. The van der Waals surface area contributed by atoms with Gasteiger partial charge in [0.2, 0.25) is 0 Å². The number of aliphatic carboxylic acids is 1. The molecule has 3 N–H and O–H groups in total. The normalized spacial score (nSPS) is 11.8. The van der Waals surface area contributed by atoms with E-state index in [2.05, 4.69) is 29.6 Å². The quantitative estimate of drug-likeness (QED) is 0.358. The molecule has 31 heavy (non-hydrogen) atoms. The molecule has 0 amide bonds. The third-order valence-electron chi connectivity index (χ3n) is 4.51. The highest BCUT2D eigenvalue weighted by Gasteiger charge is 2.07. The first-order valence-electron chi connectivity index (χ1n) is 9.85. The maximum atomic E-state index is 10.5. The number of halogens is 1. The largest absolute Gasteiger partial charge is 0.482 e. The van der Waals surface area contributed by atoms with E-state index >= 15 is 0 Å². The molecule has 0 aliphatic carbocycles. The second-order valence-corrected chi connectivity index (χ2v) is 8.51. The molecular formula is C24H24ClNO4S. The van der Waals surface area contributed by atoms with Gasteiger partial charge in [-0.15, -0.1) is 0 Å². The van der Waals surface area contributed by atoms with Crippen LogP contribution >= 0.6 is 23.4 Å². The summed E-state index contributed by atoms with van der Waals surface area (Å²) in [6, 6.07) is 23.0. The summed E-state index contributed by atoms with van der Waals surface area (Å²) in [6.07, 6.45) is 0.279. The predicted molar refractivity (Wildman–Crippen MR) is 123 cm³/mol. The lowest BCUT2D eigenvalue weighted by molar-refractivity contribution is -0.139. The predicted octanol–water partition coefficient (Wildman–Crippen LogP) is 4.82. The Balaban J connectivity index is 1.41. The van der Waals surface area contributed by atoms with Gasteiger partial charge in [0.15, 0.2) is 6.61 Å². The fraction of sp³-hybridized carbons (Fsp3) is 0.208.